The van der Waals surface area contributed by atoms with Gasteiger partial charge in [0.15, 0.2) is 17.0 Å². The van der Waals surface area contributed by atoms with Gasteiger partial charge in [0.2, 0.25) is 0 Å². The molecule has 16 heavy (non-hydrogen) atoms. The molecule has 0 fully saturated rings. The zero-order valence-electron chi connectivity index (χ0n) is 7.92. The highest BCUT2D eigenvalue weighted by atomic mass is 35.5. The van der Waals surface area contributed by atoms with Crippen molar-refractivity contribution in [1.29, 1.82) is 0 Å². The molecule has 0 saturated heterocycles. The van der Waals surface area contributed by atoms with E-state index in [0.29, 0.717) is 0 Å². The first kappa shape index (κ1) is 12.3. The second-order valence-corrected chi connectivity index (χ2v) is 3.19. The van der Waals surface area contributed by atoms with Gasteiger partial charge >= 0.3 is 5.97 Å². The number of hydrogen-bond donors (Lipinski definition) is 3. The Morgan fingerprint density at radius 2 is 2.12 bits per heavy atom. The van der Waals surface area contributed by atoms with Crippen molar-refractivity contribution in [2.75, 3.05) is 6.54 Å². The number of amides is 1. The first-order valence-electron chi connectivity index (χ1n) is 4.19. The van der Waals surface area contributed by atoms with Crippen molar-refractivity contribution in [2.45, 2.75) is 6.10 Å². The molecule has 0 unspecified atom stereocenters. The van der Waals surface area contributed by atoms with Gasteiger partial charge in [-0.05, 0) is 12.1 Å². The molecule has 1 aromatic rings. The largest absolute Gasteiger partial charge is 0.479 e. The van der Waals surface area contributed by atoms with E-state index in [-0.39, 0.29) is 10.8 Å². The number of aliphatic hydroxyl groups excluding tert-OH is 1. The summed E-state index contributed by atoms with van der Waals surface area (Å²) in [5.41, 5.74) is -0.0120. The minimum atomic E-state index is -1.65. The van der Waals surface area contributed by atoms with Gasteiger partial charge in [0.25, 0.3) is 5.91 Å². The van der Waals surface area contributed by atoms with Crippen LogP contribution in [0.15, 0.2) is 12.1 Å². The number of hydrogen-bond acceptors (Lipinski definition) is 5. The number of carbonyl (C=O) groups is 2. The minimum absolute atomic E-state index is 0.0120. The van der Waals surface area contributed by atoms with Crippen molar-refractivity contribution in [2.24, 2.45) is 0 Å². The third kappa shape index (κ3) is 3.44. The van der Waals surface area contributed by atoms with Crippen LogP contribution in [0.2, 0.25) is 5.15 Å². The monoisotopic (exact) mass is 245 g/mol. The zero-order chi connectivity index (χ0) is 12.1. The van der Waals surface area contributed by atoms with Crippen molar-refractivity contribution in [3.8, 4) is 0 Å². The molecule has 7 nitrogen and oxygen atoms in total. The standard InChI is InChI=1S/C8H8ClN3O4/c9-6-2-1-4(11-12-6)7(14)10-3-5(13)8(15)16/h1-2,5,13H,3H2,(H,10,14)(H,15,16)/t5-/m0/s1. The molecule has 0 aromatic carbocycles. The number of carbonyl (C=O) groups excluding carboxylic acids is 1. The average Bonchev–Trinajstić information content (AvgIpc) is 2.26. The third-order valence-electron chi connectivity index (χ3n) is 1.61. The molecule has 1 rings (SSSR count). The SMILES string of the molecule is O=C(NC[C@H](O)C(=O)O)c1ccc(Cl)nn1. The van der Waals surface area contributed by atoms with Gasteiger partial charge in [-0.25, -0.2) is 4.79 Å². The lowest BCUT2D eigenvalue weighted by molar-refractivity contribution is -0.146. The Bertz CT molecular complexity index is 395. The fourth-order valence-corrected chi connectivity index (χ4v) is 0.905. The Labute approximate surface area is 95.1 Å². The summed E-state index contributed by atoms with van der Waals surface area (Å²) in [7, 11) is 0. The number of nitrogens with one attached hydrogen (secondary N) is 1. The maximum absolute atomic E-state index is 11.3. The molecular weight excluding hydrogens is 238 g/mol. The number of aliphatic carboxylic acids is 1. The number of aliphatic hydroxyl groups is 1. The smallest absolute Gasteiger partial charge is 0.334 e. The Morgan fingerprint density at radius 1 is 1.44 bits per heavy atom. The summed E-state index contributed by atoms with van der Waals surface area (Å²) in [5, 5.41) is 26.5. The van der Waals surface area contributed by atoms with E-state index in [4.69, 9.17) is 21.8 Å². The predicted octanol–water partition coefficient (Wildman–Crippen LogP) is -0.695. The summed E-state index contributed by atoms with van der Waals surface area (Å²) in [6.07, 6.45) is -1.65. The second kappa shape index (κ2) is 5.38. The van der Waals surface area contributed by atoms with E-state index >= 15 is 0 Å². The molecule has 1 amide bonds. The molecule has 0 aliphatic rings. The van der Waals surface area contributed by atoms with E-state index in [0.717, 1.165) is 0 Å². The topological polar surface area (TPSA) is 112 Å². The summed E-state index contributed by atoms with van der Waals surface area (Å²) >= 11 is 5.46. The average molecular weight is 246 g/mol. The van der Waals surface area contributed by atoms with Gasteiger partial charge in [0.05, 0.1) is 6.54 Å². The van der Waals surface area contributed by atoms with Gasteiger partial charge in [-0.15, -0.1) is 10.2 Å². The van der Waals surface area contributed by atoms with Crippen LogP contribution in [0, 0.1) is 0 Å². The zero-order valence-corrected chi connectivity index (χ0v) is 8.68. The molecular formula is C8H8ClN3O4. The van der Waals surface area contributed by atoms with Crippen LogP contribution >= 0.6 is 11.6 Å². The van der Waals surface area contributed by atoms with Gasteiger partial charge in [-0.2, -0.15) is 0 Å². The number of aromatic nitrogens is 2. The van der Waals surface area contributed by atoms with Crippen molar-refractivity contribution < 1.29 is 19.8 Å². The van der Waals surface area contributed by atoms with Crippen LogP contribution < -0.4 is 5.32 Å². The maximum atomic E-state index is 11.3. The molecule has 1 heterocycles. The summed E-state index contributed by atoms with van der Waals surface area (Å²) < 4.78 is 0. The van der Waals surface area contributed by atoms with E-state index in [1.165, 1.54) is 12.1 Å². The molecule has 1 aromatic heterocycles. The predicted molar refractivity (Wildman–Crippen MR) is 53.0 cm³/mol. The van der Waals surface area contributed by atoms with Crippen LogP contribution in [-0.2, 0) is 4.79 Å². The highest BCUT2D eigenvalue weighted by Crippen LogP contribution is 2.01. The van der Waals surface area contributed by atoms with Crippen LogP contribution in [0.25, 0.3) is 0 Å². The molecule has 8 heteroatoms. The van der Waals surface area contributed by atoms with Crippen LogP contribution in [0.4, 0.5) is 0 Å². The first-order chi connectivity index (χ1) is 7.50. The normalized spacial score (nSPS) is 11.9. The number of halogens is 1. The van der Waals surface area contributed by atoms with Gasteiger partial charge in [0, 0.05) is 0 Å². The third-order valence-corrected chi connectivity index (χ3v) is 1.81. The van der Waals surface area contributed by atoms with Crippen LogP contribution in [0.1, 0.15) is 10.5 Å². The Morgan fingerprint density at radius 3 is 2.62 bits per heavy atom. The molecule has 0 bridgehead atoms. The van der Waals surface area contributed by atoms with Crippen molar-refractivity contribution >= 4 is 23.5 Å². The number of nitrogens with zero attached hydrogens (tertiary/aromatic N) is 2. The molecule has 3 N–H and O–H groups in total. The highest BCUT2D eigenvalue weighted by Gasteiger charge is 2.15. The lowest BCUT2D eigenvalue weighted by atomic mass is 10.3. The summed E-state index contributed by atoms with van der Waals surface area (Å²) in [6, 6.07) is 2.70. The number of rotatable bonds is 4. The second-order valence-electron chi connectivity index (χ2n) is 2.81. The lowest BCUT2D eigenvalue weighted by Crippen LogP contribution is -2.36. The Balaban J connectivity index is 2.53. The minimum Gasteiger partial charge on any atom is -0.479 e. The fourth-order valence-electron chi connectivity index (χ4n) is 0.804. The maximum Gasteiger partial charge on any atom is 0.334 e. The Kier molecular flexibility index (Phi) is 4.15. The van der Waals surface area contributed by atoms with Crippen molar-refractivity contribution in [1.82, 2.24) is 15.5 Å². The van der Waals surface area contributed by atoms with Gasteiger partial charge in [-0.3, -0.25) is 4.79 Å². The molecule has 0 spiro atoms. The van der Waals surface area contributed by atoms with E-state index < -0.39 is 24.5 Å². The molecule has 0 radical (unpaired) electrons. The van der Waals surface area contributed by atoms with Gasteiger partial charge in [0.1, 0.15) is 0 Å². The van der Waals surface area contributed by atoms with E-state index in [1.807, 2.05) is 0 Å². The van der Waals surface area contributed by atoms with Gasteiger partial charge in [-0.1, -0.05) is 11.6 Å². The van der Waals surface area contributed by atoms with Gasteiger partial charge < -0.3 is 15.5 Å². The molecule has 0 saturated carbocycles. The summed E-state index contributed by atoms with van der Waals surface area (Å²) in [4.78, 5) is 21.6. The van der Waals surface area contributed by atoms with Crippen LogP contribution in [-0.4, -0.2) is 44.9 Å². The van der Waals surface area contributed by atoms with Crippen molar-refractivity contribution in [3.05, 3.63) is 23.0 Å². The quantitative estimate of drug-likeness (QED) is 0.647. The van der Waals surface area contributed by atoms with E-state index in [1.54, 1.807) is 0 Å². The van der Waals surface area contributed by atoms with E-state index in [2.05, 4.69) is 15.5 Å². The van der Waals surface area contributed by atoms with Crippen LogP contribution in [0.5, 0.6) is 0 Å². The summed E-state index contributed by atoms with van der Waals surface area (Å²) in [6.45, 7) is -0.404. The molecule has 1 atom stereocenters. The van der Waals surface area contributed by atoms with Crippen molar-refractivity contribution in [3.63, 3.8) is 0 Å². The molecule has 86 valence electrons. The number of carboxylic acid groups (broad SMARTS) is 1. The molecule has 0 aliphatic heterocycles. The first-order valence-corrected chi connectivity index (χ1v) is 4.57. The fraction of sp³-hybridized carbons (Fsp3) is 0.250. The number of carboxylic acids is 1. The molecule has 0 aliphatic carbocycles. The lowest BCUT2D eigenvalue weighted by Gasteiger charge is -2.06. The highest BCUT2D eigenvalue weighted by molar-refractivity contribution is 6.29. The summed E-state index contributed by atoms with van der Waals surface area (Å²) in [5.74, 6) is -2.05. The van der Waals surface area contributed by atoms with Crippen LogP contribution in [0.3, 0.4) is 0 Å². The van der Waals surface area contributed by atoms with E-state index in [9.17, 15) is 9.59 Å². The Hall–Kier alpha value is -1.73.